The molecule has 0 atom stereocenters. The first-order chi connectivity index (χ1) is 8.30. The van der Waals surface area contributed by atoms with Gasteiger partial charge >= 0.3 is 0 Å². The van der Waals surface area contributed by atoms with Gasteiger partial charge in [-0.05, 0) is 12.0 Å². The molecule has 92 valence electrons. The van der Waals surface area contributed by atoms with Crippen LogP contribution in [-0.4, -0.2) is 17.5 Å². The van der Waals surface area contributed by atoms with E-state index >= 15 is 0 Å². The van der Waals surface area contributed by atoms with Crippen LogP contribution in [0.15, 0.2) is 18.5 Å². The Bertz CT molecular complexity index is 391. The van der Waals surface area contributed by atoms with E-state index in [1.54, 1.807) is 12.4 Å². The van der Waals surface area contributed by atoms with Gasteiger partial charge in [0.2, 0.25) is 0 Å². The van der Waals surface area contributed by atoms with Crippen LogP contribution in [0.25, 0.3) is 0 Å². The first-order valence-corrected chi connectivity index (χ1v) is 6.46. The van der Waals surface area contributed by atoms with Gasteiger partial charge in [0.05, 0.1) is 18.7 Å². The smallest absolute Gasteiger partial charge is 0.138 e. The van der Waals surface area contributed by atoms with Crippen molar-refractivity contribution in [3.8, 4) is 17.6 Å². The maximum Gasteiger partial charge on any atom is 0.138 e. The number of ether oxygens (including phenoxy) is 1. The van der Waals surface area contributed by atoms with Gasteiger partial charge in [0, 0.05) is 11.8 Å². The van der Waals surface area contributed by atoms with Crippen molar-refractivity contribution in [3.63, 3.8) is 0 Å². The standard InChI is InChI=1S/C14H18ClNO/c1-3-12(4-2)11-17-14-8-13(6-5-7-15)9-16-10-14/h8-10,12H,3-4,7,11H2,1-2H3. The molecule has 0 radical (unpaired) electrons. The van der Waals surface area contributed by atoms with Crippen LogP contribution in [0.3, 0.4) is 0 Å². The minimum absolute atomic E-state index is 0.332. The van der Waals surface area contributed by atoms with Gasteiger partial charge in [-0.15, -0.1) is 11.6 Å². The fraction of sp³-hybridized carbons (Fsp3) is 0.500. The highest BCUT2D eigenvalue weighted by atomic mass is 35.5. The molecule has 1 aromatic rings. The van der Waals surface area contributed by atoms with Gasteiger partial charge in [0.25, 0.3) is 0 Å². The summed E-state index contributed by atoms with van der Waals surface area (Å²) < 4.78 is 5.71. The molecule has 0 aliphatic rings. The SMILES string of the molecule is CCC(CC)COc1cncc(C#CCCl)c1. The highest BCUT2D eigenvalue weighted by Crippen LogP contribution is 2.14. The van der Waals surface area contributed by atoms with E-state index in [-0.39, 0.29) is 0 Å². The summed E-state index contributed by atoms with van der Waals surface area (Å²) in [4.78, 5) is 4.10. The van der Waals surface area contributed by atoms with Crippen molar-refractivity contribution < 1.29 is 4.74 Å². The molecular formula is C14H18ClNO. The lowest BCUT2D eigenvalue weighted by atomic mass is 10.1. The summed E-state index contributed by atoms with van der Waals surface area (Å²) in [5.74, 6) is 7.44. The topological polar surface area (TPSA) is 22.1 Å². The molecule has 0 spiro atoms. The summed E-state index contributed by atoms with van der Waals surface area (Å²) in [6, 6.07) is 1.90. The van der Waals surface area contributed by atoms with E-state index in [0.29, 0.717) is 11.8 Å². The number of alkyl halides is 1. The minimum Gasteiger partial charge on any atom is -0.492 e. The Morgan fingerprint density at radius 2 is 2.12 bits per heavy atom. The molecule has 0 aliphatic carbocycles. The molecule has 0 amide bonds. The van der Waals surface area contributed by atoms with Crippen molar-refractivity contribution in [2.45, 2.75) is 26.7 Å². The van der Waals surface area contributed by atoms with Gasteiger partial charge < -0.3 is 4.74 Å². The van der Waals surface area contributed by atoms with Crippen LogP contribution in [0.5, 0.6) is 5.75 Å². The van der Waals surface area contributed by atoms with E-state index in [0.717, 1.165) is 30.8 Å². The summed E-state index contributed by atoms with van der Waals surface area (Å²) in [6.07, 6.45) is 5.70. The first-order valence-electron chi connectivity index (χ1n) is 5.92. The maximum absolute atomic E-state index is 5.71. The zero-order valence-electron chi connectivity index (χ0n) is 10.4. The van der Waals surface area contributed by atoms with Crippen LogP contribution in [0.1, 0.15) is 32.3 Å². The number of aromatic nitrogens is 1. The van der Waals surface area contributed by atoms with Crippen LogP contribution < -0.4 is 4.74 Å². The van der Waals surface area contributed by atoms with Crippen molar-refractivity contribution in [1.82, 2.24) is 4.98 Å². The average Bonchev–Trinajstić information content (AvgIpc) is 2.38. The predicted molar refractivity (Wildman–Crippen MR) is 71.4 cm³/mol. The Hall–Kier alpha value is -1.20. The highest BCUT2D eigenvalue weighted by molar-refractivity contribution is 6.19. The highest BCUT2D eigenvalue weighted by Gasteiger charge is 2.04. The first kappa shape index (κ1) is 13.9. The molecule has 0 N–H and O–H groups in total. The van der Waals surface area contributed by atoms with Gasteiger partial charge in [-0.2, -0.15) is 0 Å². The van der Waals surface area contributed by atoms with E-state index in [4.69, 9.17) is 16.3 Å². The second kappa shape index (κ2) is 7.97. The summed E-state index contributed by atoms with van der Waals surface area (Å²) >= 11 is 5.51. The molecule has 3 heteroatoms. The zero-order valence-corrected chi connectivity index (χ0v) is 11.1. The molecule has 1 aromatic heterocycles. The Kier molecular flexibility index (Phi) is 6.50. The van der Waals surface area contributed by atoms with E-state index in [2.05, 4.69) is 30.7 Å². The third-order valence-electron chi connectivity index (χ3n) is 2.65. The maximum atomic E-state index is 5.71. The lowest BCUT2D eigenvalue weighted by Crippen LogP contribution is -2.10. The number of halogens is 1. The van der Waals surface area contributed by atoms with Gasteiger partial charge in [-0.25, -0.2) is 0 Å². The van der Waals surface area contributed by atoms with Crippen molar-refractivity contribution >= 4 is 11.6 Å². The normalized spacial score (nSPS) is 9.88. The molecule has 0 fully saturated rings. The number of rotatable bonds is 5. The summed E-state index contributed by atoms with van der Waals surface area (Å²) in [7, 11) is 0. The molecule has 0 unspecified atom stereocenters. The van der Waals surface area contributed by atoms with Crippen molar-refractivity contribution in [2.24, 2.45) is 5.92 Å². The lowest BCUT2D eigenvalue weighted by Gasteiger charge is -2.13. The molecule has 0 aliphatic heterocycles. The second-order valence-corrected chi connectivity index (χ2v) is 4.11. The third-order valence-corrected chi connectivity index (χ3v) is 2.79. The molecule has 2 nitrogen and oxygen atoms in total. The summed E-state index contributed by atoms with van der Waals surface area (Å²) in [5.41, 5.74) is 0.840. The van der Waals surface area contributed by atoms with E-state index in [1.165, 1.54) is 0 Å². The number of pyridine rings is 1. The predicted octanol–water partition coefficient (Wildman–Crippen LogP) is 3.49. The van der Waals surface area contributed by atoms with Gasteiger partial charge in [-0.3, -0.25) is 4.98 Å². The number of nitrogens with zero attached hydrogens (tertiary/aromatic N) is 1. The van der Waals surface area contributed by atoms with Crippen LogP contribution >= 0.6 is 11.6 Å². The zero-order chi connectivity index (χ0) is 12.5. The Balaban J connectivity index is 2.59. The fourth-order valence-corrected chi connectivity index (χ4v) is 1.51. The summed E-state index contributed by atoms with van der Waals surface area (Å²) in [5, 5.41) is 0. The summed E-state index contributed by atoms with van der Waals surface area (Å²) in [6.45, 7) is 5.09. The molecule has 0 aromatic carbocycles. The molecule has 0 saturated heterocycles. The lowest BCUT2D eigenvalue weighted by molar-refractivity contribution is 0.240. The average molecular weight is 252 g/mol. The third kappa shape index (κ3) is 5.10. The molecule has 1 rings (SSSR count). The molecule has 1 heterocycles. The molecule has 17 heavy (non-hydrogen) atoms. The Morgan fingerprint density at radius 3 is 2.76 bits per heavy atom. The van der Waals surface area contributed by atoms with Crippen LogP contribution in [0.4, 0.5) is 0 Å². The van der Waals surface area contributed by atoms with Gasteiger partial charge in [0.15, 0.2) is 0 Å². The largest absolute Gasteiger partial charge is 0.492 e. The number of hydrogen-bond donors (Lipinski definition) is 0. The van der Waals surface area contributed by atoms with E-state index < -0.39 is 0 Å². The van der Waals surface area contributed by atoms with E-state index in [1.807, 2.05) is 6.07 Å². The van der Waals surface area contributed by atoms with Crippen LogP contribution in [-0.2, 0) is 0 Å². The van der Waals surface area contributed by atoms with Crippen molar-refractivity contribution in [1.29, 1.82) is 0 Å². The Labute approximate surface area is 108 Å². The Morgan fingerprint density at radius 1 is 1.35 bits per heavy atom. The van der Waals surface area contributed by atoms with E-state index in [9.17, 15) is 0 Å². The molecule has 0 bridgehead atoms. The molecular weight excluding hydrogens is 234 g/mol. The number of hydrogen-bond acceptors (Lipinski definition) is 2. The van der Waals surface area contributed by atoms with Crippen molar-refractivity contribution in [3.05, 3.63) is 24.0 Å². The quantitative estimate of drug-likeness (QED) is 0.590. The monoisotopic (exact) mass is 251 g/mol. The van der Waals surface area contributed by atoms with Gasteiger partial charge in [0.1, 0.15) is 5.75 Å². The second-order valence-electron chi connectivity index (χ2n) is 3.84. The fourth-order valence-electron chi connectivity index (χ4n) is 1.44. The van der Waals surface area contributed by atoms with Crippen LogP contribution in [0, 0.1) is 17.8 Å². The minimum atomic E-state index is 0.332. The van der Waals surface area contributed by atoms with Crippen molar-refractivity contribution in [2.75, 3.05) is 12.5 Å². The molecule has 0 saturated carbocycles. The van der Waals surface area contributed by atoms with Crippen LogP contribution in [0.2, 0.25) is 0 Å². The van der Waals surface area contributed by atoms with Gasteiger partial charge in [-0.1, -0.05) is 38.5 Å².